The maximum absolute atomic E-state index is 12.4. The van der Waals surface area contributed by atoms with Gasteiger partial charge < -0.3 is 9.72 Å². The van der Waals surface area contributed by atoms with E-state index in [-0.39, 0.29) is 23.3 Å². The number of nitrogens with zero attached hydrogens (tertiary/aromatic N) is 2. The van der Waals surface area contributed by atoms with Crippen molar-refractivity contribution >= 4 is 17.1 Å². The number of pyridine rings is 1. The Kier molecular flexibility index (Phi) is 2.93. The van der Waals surface area contributed by atoms with Crippen molar-refractivity contribution in [3.8, 4) is 0 Å². The van der Waals surface area contributed by atoms with Crippen molar-refractivity contribution in [2.75, 3.05) is 6.61 Å². The molecule has 0 saturated carbocycles. The second-order valence-corrected chi connectivity index (χ2v) is 3.40. The molecule has 0 aliphatic heterocycles. The van der Waals surface area contributed by atoms with Gasteiger partial charge in [-0.1, -0.05) is 0 Å². The topological polar surface area (TPSA) is 67.9 Å². The van der Waals surface area contributed by atoms with Gasteiger partial charge in [0, 0.05) is 6.20 Å². The van der Waals surface area contributed by atoms with Crippen molar-refractivity contribution < 1.29 is 22.7 Å². The summed E-state index contributed by atoms with van der Waals surface area (Å²) in [5, 5.41) is 0. The second kappa shape index (κ2) is 4.28. The van der Waals surface area contributed by atoms with Gasteiger partial charge in [-0.2, -0.15) is 13.2 Å². The average molecular weight is 259 g/mol. The molecule has 0 unspecified atom stereocenters. The van der Waals surface area contributed by atoms with Gasteiger partial charge in [0.25, 0.3) is 0 Å². The Morgan fingerprint density at radius 1 is 1.50 bits per heavy atom. The number of carbonyl (C=O) groups is 1. The van der Waals surface area contributed by atoms with Crippen molar-refractivity contribution in [3.05, 3.63) is 23.7 Å². The minimum atomic E-state index is -4.58. The van der Waals surface area contributed by atoms with Crippen molar-refractivity contribution in [3.63, 3.8) is 0 Å². The lowest BCUT2D eigenvalue weighted by atomic mass is 10.3. The Morgan fingerprint density at radius 3 is 2.83 bits per heavy atom. The molecule has 0 bridgehead atoms. The first kappa shape index (κ1) is 12.3. The molecule has 96 valence electrons. The standard InChI is InChI=1S/C10H8F3N3O2/c1-2-18-8(17)5-3-6-7(14-4-5)16-9(15-6)10(11,12)13/h3-4H,2H2,1H3,(H,14,15,16). The highest BCUT2D eigenvalue weighted by Crippen LogP contribution is 2.28. The first-order valence-electron chi connectivity index (χ1n) is 5.02. The van der Waals surface area contributed by atoms with Crippen LogP contribution in [0.3, 0.4) is 0 Å². The number of hydrogen-bond donors (Lipinski definition) is 1. The number of alkyl halides is 3. The van der Waals surface area contributed by atoms with Gasteiger partial charge in [0.15, 0.2) is 5.65 Å². The van der Waals surface area contributed by atoms with Crippen molar-refractivity contribution in [1.29, 1.82) is 0 Å². The highest BCUT2D eigenvalue weighted by Gasteiger charge is 2.35. The van der Waals surface area contributed by atoms with Gasteiger partial charge in [0.2, 0.25) is 5.82 Å². The minimum absolute atomic E-state index is 0.0351. The van der Waals surface area contributed by atoms with Gasteiger partial charge in [-0.15, -0.1) is 0 Å². The SMILES string of the molecule is CCOC(=O)c1cnc2nc(C(F)(F)F)[nH]c2c1. The molecule has 0 fully saturated rings. The zero-order valence-corrected chi connectivity index (χ0v) is 9.21. The molecule has 5 nitrogen and oxygen atoms in total. The van der Waals surface area contributed by atoms with Crippen LogP contribution in [-0.2, 0) is 10.9 Å². The maximum Gasteiger partial charge on any atom is 0.449 e. The number of ether oxygens (including phenoxy) is 1. The number of fused-ring (bicyclic) bond motifs is 1. The van der Waals surface area contributed by atoms with Crippen LogP contribution < -0.4 is 0 Å². The summed E-state index contributed by atoms with van der Waals surface area (Å²) in [5.41, 5.74) is 0.00461. The van der Waals surface area contributed by atoms with E-state index in [1.165, 1.54) is 6.07 Å². The number of imidazole rings is 1. The molecule has 0 aliphatic rings. The van der Waals surface area contributed by atoms with E-state index in [0.717, 1.165) is 6.20 Å². The largest absolute Gasteiger partial charge is 0.462 e. The Labute approximate surface area is 99.0 Å². The van der Waals surface area contributed by atoms with Crippen molar-refractivity contribution in [1.82, 2.24) is 15.0 Å². The molecule has 0 aliphatic carbocycles. The predicted molar refractivity (Wildman–Crippen MR) is 54.8 cm³/mol. The first-order chi connectivity index (χ1) is 8.41. The van der Waals surface area contributed by atoms with E-state index in [1.807, 2.05) is 0 Å². The summed E-state index contributed by atoms with van der Waals surface area (Å²) < 4.78 is 41.9. The number of halogens is 3. The number of H-pyrrole nitrogens is 1. The average Bonchev–Trinajstić information content (AvgIpc) is 2.71. The van der Waals surface area contributed by atoms with Crippen molar-refractivity contribution in [2.24, 2.45) is 0 Å². The van der Waals surface area contributed by atoms with Crippen LogP contribution in [-0.4, -0.2) is 27.5 Å². The summed E-state index contributed by atoms with van der Waals surface area (Å²) in [6.07, 6.45) is -3.45. The number of carbonyl (C=O) groups excluding carboxylic acids is 1. The molecular formula is C10H8F3N3O2. The zero-order valence-electron chi connectivity index (χ0n) is 9.21. The summed E-state index contributed by atoms with van der Waals surface area (Å²) in [6.45, 7) is 1.80. The molecule has 2 heterocycles. The Bertz CT molecular complexity index is 592. The molecule has 2 aromatic rings. The summed E-state index contributed by atoms with van der Waals surface area (Å²) in [5.74, 6) is -1.79. The quantitative estimate of drug-likeness (QED) is 0.839. The van der Waals surface area contributed by atoms with Crippen molar-refractivity contribution in [2.45, 2.75) is 13.1 Å². The monoisotopic (exact) mass is 259 g/mol. The lowest BCUT2D eigenvalue weighted by Gasteiger charge is -2.00. The number of aromatic nitrogens is 3. The van der Waals surface area contributed by atoms with Gasteiger partial charge in [-0.3, -0.25) is 0 Å². The van der Waals surface area contributed by atoms with Crippen LogP contribution in [0.5, 0.6) is 0 Å². The van der Waals surface area contributed by atoms with E-state index < -0.39 is 18.0 Å². The van der Waals surface area contributed by atoms with Gasteiger partial charge in [0.05, 0.1) is 17.7 Å². The number of nitrogens with one attached hydrogen (secondary N) is 1. The fourth-order valence-corrected chi connectivity index (χ4v) is 1.36. The second-order valence-electron chi connectivity index (χ2n) is 3.40. The summed E-state index contributed by atoms with van der Waals surface area (Å²) in [6, 6.07) is 1.22. The molecule has 0 radical (unpaired) electrons. The molecule has 8 heteroatoms. The van der Waals surface area contributed by atoms with E-state index in [1.54, 1.807) is 6.92 Å². The van der Waals surface area contributed by atoms with Crippen LogP contribution >= 0.6 is 0 Å². The van der Waals surface area contributed by atoms with Crippen LogP contribution in [0.15, 0.2) is 12.3 Å². The summed E-state index contributed by atoms with van der Waals surface area (Å²) in [7, 11) is 0. The van der Waals surface area contributed by atoms with Crippen LogP contribution in [0.1, 0.15) is 23.1 Å². The van der Waals surface area contributed by atoms with Gasteiger partial charge in [-0.05, 0) is 13.0 Å². The molecule has 2 aromatic heterocycles. The molecular weight excluding hydrogens is 251 g/mol. The fourth-order valence-electron chi connectivity index (χ4n) is 1.36. The van der Waals surface area contributed by atoms with Gasteiger partial charge in [-0.25, -0.2) is 14.8 Å². The lowest BCUT2D eigenvalue weighted by molar-refractivity contribution is -0.144. The Balaban J connectivity index is 2.43. The highest BCUT2D eigenvalue weighted by atomic mass is 19.4. The molecule has 1 N–H and O–H groups in total. The molecule has 2 rings (SSSR count). The molecule has 18 heavy (non-hydrogen) atoms. The third kappa shape index (κ3) is 2.27. The predicted octanol–water partition coefficient (Wildman–Crippen LogP) is 2.15. The number of aromatic amines is 1. The molecule has 0 atom stereocenters. The van der Waals surface area contributed by atoms with E-state index in [2.05, 4.69) is 15.0 Å². The van der Waals surface area contributed by atoms with Crippen LogP contribution in [0.2, 0.25) is 0 Å². The Hall–Kier alpha value is -2.12. The van der Waals surface area contributed by atoms with Gasteiger partial charge in [0.1, 0.15) is 0 Å². The third-order valence-electron chi connectivity index (χ3n) is 2.12. The third-order valence-corrected chi connectivity index (χ3v) is 2.12. The maximum atomic E-state index is 12.4. The van der Waals surface area contributed by atoms with E-state index >= 15 is 0 Å². The normalized spacial score (nSPS) is 11.8. The number of hydrogen-bond acceptors (Lipinski definition) is 4. The fraction of sp³-hybridized carbons (Fsp3) is 0.300. The van der Waals surface area contributed by atoms with Crippen LogP contribution in [0.25, 0.3) is 11.2 Å². The smallest absolute Gasteiger partial charge is 0.449 e. The minimum Gasteiger partial charge on any atom is -0.462 e. The molecule has 0 saturated heterocycles. The summed E-state index contributed by atoms with van der Waals surface area (Å²) in [4.78, 5) is 20.4. The first-order valence-corrected chi connectivity index (χ1v) is 5.02. The molecule has 0 amide bonds. The Morgan fingerprint density at radius 2 is 2.22 bits per heavy atom. The van der Waals surface area contributed by atoms with Crippen LogP contribution in [0, 0.1) is 0 Å². The highest BCUT2D eigenvalue weighted by molar-refractivity contribution is 5.92. The number of esters is 1. The zero-order chi connectivity index (χ0) is 13.3. The molecule has 0 aromatic carbocycles. The van der Waals surface area contributed by atoms with E-state index in [9.17, 15) is 18.0 Å². The molecule has 0 spiro atoms. The number of rotatable bonds is 2. The summed E-state index contributed by atoms with van der Waals surface area (Å²) >= 11 is 0. The van der Waals surface area contributed by atoms with E-state index in [4.69, 9.17) is 4.74 Å². The van der Waals surface area contributed by atoms with Gasteiger partial charge >= 0.3 is 12.1 Å². The lowest BCUT2D eigenvalue weighted by Crippen LogP contribution is -2.06. The van der Waals surface area contributed by atoms with E-state index in [0.29, 0.717) is 0 Å². The van der Waals surface area contributed by atoms with Crippen LogP contribution in [0.4, 0.5) is 13.2 Å².